The molecule has 21 heavy (non-hydrogen) atoms. The summed E-state index contributed by atoms with van der Waals surface area (Å²) in [5, 5.41) is 12.5. The summed E-state index contributed by atoms with van der Waals surface area (Å²) < 4.78 is 0. The molecule has 1 aromatic heterocycles. The Labute approximate surface area is 121 Å². The molecular weight excluding hydrogens is 262 g/mol. The molecule has 4 heteroatoms. The van der Waals surface area contributed by atoms with Gasteiger partial charge in [0.05, 0.1) is 22.8 Å². The molecule has 0 unspecified atom stereocenters. The van der Waals surface area contributed by atoms with Crippen molar-refractivity contribution in [1.29, 1.82) is 5.26 Å². The highest BCUT2D eigenvalue weighted by molar-refractivity contribution is 6.08. The molecule has 2 aromatic carbocycles. The van der Waals surface area contributed by atoms with Crippen LogP contribution >= 0.6 is 0 Å². The van der Waals surface area contributed by atoms with E-state index in [-0.39, 0.29) is 5.91 Å². The molecule has 3 aromatic rings. The van der Waals surface area contributed by atoms with Crippen molar-refractivity contribution in [2.45, 2.75) is 0 Å². The number of pyridine rings is 1. The number of carbonyl (C=O) groups excluding carboxylic acids is 1. The van der Waals surface area contributed by atoms with Crippen molar-refractivity contribution >= 4 is 22.5 Å². The van der Waals surface area contributed by atoms with E-state index in [2.05, 4.69) is 10.3 Å². The van der Waals surface area contributed by atoms with Gasteiger partial charge >= 0.3 is 0 Å². The Kier molecular flexibility index (Phi) is 3.32. The number of anilines is 1. The van der Waals surface area contributed by atoms with Crippen molar-refractivity contribution in [2.75, 3.05) is 5.32 Å². The first kappa shape index (κ1) is 12.8. The highest BCUT2D eigenvalue weighted by Gasteiger charge is 2.08. The molecular formula is C17H11N3O. The van der Waals surface area contributed by atoms with E-state index in [0.717, 1.165) is 16.6 Å². The molecule has 0 saturated heterocycles. The molecule has 0 bridgehead atoms. The number of nitrogens with one attached hydrogen (secondary N) is 1. The topological polar surface area (TPSA) is 65.8 Å². The monoisotopic (exact) mass is 273 g/mol. The van der Waals surface area contributed by atoms with Gasteiger partial charge in [-0.2, -0.15) is 5.26 Å². The average molecular weight is 273 g/mol. The number of nitrogens with zero attached hydrogens (tertiary/aromatic N) is 2. The molecule has 0 aliphatic carbocycles. The number of amides is 1. The Morgan fingerprint density at radius 2 is 1.86 bits per heavy atom. The van der Waals surface area contributed by atoms with Crippen LogP contribution in [0.25, 0.3) is 10.9 Å². The molecule has 1 heterocycles. The lowest BCUT2D eigenvalue weighted by atomic mass is 10.1. The number of aromatic nitrogens is 1. The van der Waals surface area contributed by atoms with Gasteiger partial charge in [-0.3, -0.25) is 9.78 Å². The number of hydrogen-bond donors (Lipinski definition) is 1. The number of benzene rings is 2. The minimum absolute atomic E-state index is 0.212. The Morgan fingerprint density at radius 1 is 1.05 bits per heavy atom. The summed E-state index contributed by atoms with van der Waals surface area (Å²) in [6.45, 7) is 0. The smallest absolute Gasteiger partial charge is 0.255 e. The fraction of sp³-hybridized carbons (Fsp3) is 0. The van der Waals surface area contributed by atoms with Crippen molar-refractivity contribution in [3.8, 4) is 6.07 Å². The van der Waals surface area contributed by atoms with Gasteiger partial charge in [0.1, 0.15) is 0 Å². The highest BCUT2D eigenvalue weighted by Crippen LogP contribution is 2.21. The van der Waals surface area contributed by atoms with Crippen molar-refractivity contribution in [1.82, 2.24) is 4.98 Å². The van der Waals surface area contributed by atoms with Gasteiger partial charge in [0, 0.05) is 17.1 Å². The third kappa shape index (κ3) is 2.58. The molecule has 0 aliphatic rings. The lowest BCUT2D eigenvalue weighted by Gasteiger charge is -2.08. The van der Waals surface area contributed by atoms with Gasteiger partial charge in [0.15, 0.2) is 0 Å². The maximum absolute atomic E-state index is 12.2. The SMILES string of the molecule is N#Cc1ccc(C(=O)Nc2cccc3ncccc23)cc1. The summed E-state index contributed by atoms with van der Waals surface area (Å²) >= 11 is 0. The van der Waals surface area contributed by atoms with E-state index in [4.69, 9.17) is 5.26 Å². The maximum atomic E-state index is 12.2. The zero-order chi connectivity index (χ0) is 14.7. The van der Waals surface area contributed by atoms with Crippen LogP contribution in [0.2, 0.25) is 0 Å². The Balaban J connectivity index is 1.91. The lowest BCUT2D eigenvalue weighted by molar-refractivity contribution is 0.102. The first-order chi connectivity index (χ1) is 10.3. The standard InChI is InChI=1S/C17H11N3O/c18-11-12-6-8-13(9-7-12)17(21)20-16-5-1-4-15-14(16)3-2-10-19-15/h1-10H,(H,20,21). The highest BCUT2D eigenvalue weighted by atomic mass is 16.1. The minimum Gasteiger partial charge on any atom is -0.321 e. The van der Waals surface area contributed by atoms with Crippen LogP contribution in [-0.2, 0) is 0 Å². The zero-order valence-corrected chi connectivity index (χ0v) is 11.1. The van der Waals surface area contributed by atoms with E-state index < -0.39 is 0 Å². The van der Waals surface area contributed by atoms with Crippen LogP contribution in [0.1, 0.15) is 15.9 Å². The summed E-state index contributed by atoms with van der Waals surface area (Å²) in [6.07, 6.45) is 1.72. The summed E-state index contributed by atoms with van der Waals surface area (Å²) in [5.74, 6) is -0.212. The van der Waals surface area contributed by atoms with Gasteiger partial charge in [0.2, 0.25) is 0 Å². The molecule has 0 saturated carbocycles. The van der Waals surface area contributed by atoms with Gasteiger partial charge < -0.3 is 5.32 Å². The quantitative estimate of drug-likeness (QED) is 0.778. The first-order valence-electron chi connectivity index (χ1n) is 6.43. The summed E-state index contributed by atoms with van der Waals surface area (Å²) in [5.41, 5.74) is 2.58. The molecule has 4 nitrogen and oxygen atoms in total. The van der Waals surface area contributed by atoms with Crippen LogP contribution in [0.15, 0.2) is 60.8 Å². The molecule has 0 aliphatic heterocycles. The number of rotatable bonds is 2. The lowest BCUT2D eigenvalue weighted by Crippen LogP contribution is -2.12. The van der Waals surface area contributed by atoms with Crippen molar-refractivity contribution < 1.29 is 4.79 Å². The van der Waals surface area contributed by atoms with Crippen LogP contribution in [-0.4, -0.2) is 10.9 Å². The number of carbonyl (C=O) groups is 1. The van der Waals surface area contributed by atoms with E-state index in [1.807, 2.05) is 36.4 Å². The van der Waals surface area contributed by atoms with Crippen molar-refractivity contribution in [3.63, 3.8) is 0 Å². The van der Waals surface area contributed by atoms with E-state index in [1.54, 1.807) is 30.5 Å². The van der Waals surface area contributed by atoms with Gasteiger partial charge in [-0.25, -0.2) is 0 Å². The Hall–Kier alpha value is -3.19. The molecule has 3 rings (SSSR count). The zero-order valence-electron chi connectivity index (χ0n) is 11.1. The number of nitriles is 1. The molecule has 100 valence electrons. The van der Waals surface area contributed by atoms with Crippen LogP contribution < -0.4 is 5.32 Å². The number of hydrogen-bond acceptors (Lipinski definition) is 3. The van der Waals surface area contributed by atoms with Crippen LogP contribution in [0.4, 0.5) is 5.69 Å². The molecule has 0 fully saturated rings. The largest absolute Gasteiger partial charge is 0.321 e. The fourth-order valence-electron chi connectivity index (χ4n) is 2.10. The minimum atomic E-state index is -0.212. The van der Waals surface area contributed by atoms with Gasteiger partial charge in [0.25, 0.3) is 5.91 Å². The second kappa shape index (κ2) is 5.43. The van der Waals surface area contributed by atoms with Gasteiger partial charge in [-0.15, -0.1) is 0 Å². The Morgan fingerprint density at radius 3 is 2.62 bits per heavy atom. The van der Waals surface area contributed by atoms with Gasteiger partial charge in [-0.05, 0) is 48.5 Å². The second-order valence-electron chi connectivity index (χ2n) is 4.52. The van der Waals surface area contributed by atoms with E-state index in [9.17, 15) is 4.79 Å². The third-order valence-electron chi connectivity index (χ3n) is 3.17. The predicted molar refractivity (Wildman–Crippen MR) is 80.9 cm³/mol. The average Bonchev–Trinajstić information content (AvgIpc) is 2.55. The second-order valence-corrected chi connectivity index (χ2v) is 4.52. The number of fused-ring (bicyclic) bond motifs is 1. The Bertz CT molecular complexity index is 843. The van der Waals surface area contributed by atoms with E-state index in [0.29, 0.717) is 11.1 Å². The maximum Gasteiger partial charge on any atom is 0.255 e. The van der Waals surface area contributed by atoms with Crippen LogP contribution in [0.3, 0.4) is 0 Å². The van der Waals surface area contributed by atoms with Crippen LogP contribution in [0.5, 0.6) is 0 Å². The normalized spacial score (nSPS) is 10.0. The molecule has 1 N–H and O–H groups in total. The molecule has 0 radical (unpaired) electrons. The first-order valence-corrected chi connectivity index (χ1v) is 6.43. The van der Waals surface area contributed by atoms with Crippen molar-refractivity contribution in [3.05, 3.63) is 71.9 Å². The third-order valence-corrected chi connectivity index (χ3v) is 3.17. The molecule has 1 amide bonds. The summed E-state index contributed by atoms with van der Waals surface area (Å²) in [4.78, 5) is 16.5. The molecule has 0 spiro atoms. The van der Waals surface area contributed by atoms with Crippen LogP contribution in [0, 0.1) is 11.3 Å². The summed E-state index contributed by atoms with van der Waals surface area (Å²) in [6, 6.07) is 17.9. The van der Waals surface area contributed by atoms with E-state index >= 15 is 0 Å². The summed E-state index contributed by atoms with van der Waals surface area (Å²) in [7, 11) is 0. The van der Waals surface area contributed by atoms with Gasteiger partial charge in [-0.1, -0.05) is 6.07 Å². The fourth-order valence-corrected chi connectivity index (χ4v) is 2.10. The molecule has 0 atom stereocenters. The predicted octanol–water partition coefficient (Wildman–Crippen LogP) is 3.36. The van der Waals surface area contributed by atoms with E-state index in [1.165, 1.54) is 0 Å². The van der Waals surface area contributed by atoms with Crippen molar-refractivity contribution in [2.24, 2.45) is 0 Å².